The maximum atomic E-state index is 13.8. The van der Waals surface area contributed by atoms with E-state index in [0.717, 1.165) is 18.4 Å². The van der Waals surface area contributed by atoms with Crippen molar-refractivity contribution in [3.63, 3.8) is 0 Å². The van der Waals surface area contributed by atoms with E-state index in [-0.39, 0.29) is 18.4 Å². The third-order valence-electron chi connectivity index (χ3n) is 4.37. The van der Waals surface area contributed by atoms with E-state index in [2.05, 4.69) is 23.5 Å². The summed E-state index contributed by atoms with van der Waals surface area (Å²) in [5, 5.41) is 3.27. The summed E-state index contributed by atoms with van der Waals surface area (Å²) >= 11 is 5.72. The zero-order chi connectivity index (χ0) is 16.4. The van der Waals surface area contributed by atoms with Crippen LogP contribution in [0.15, 0.2) is 36.4 Å². The first-order valence-corrected chi connectivity index (χ1v) is 8.26. The largest absolute Gasteiger partial charge is 0.349 e. The third-order valence-corrected chi connectivity index (χ3v) is 4.60. The lowest BCUT2D eigenvalue weighted by molar-refractivity contribution is -0.121. The van der Waals surface area contributed by atoms with E-state index in [9.17, 15) is 9.18 Å². The molecule has 3 rings (SSSR count). The van der Waals surface area contributed by atoms with E-state index in [1.165, 1.54) is 23.6 Å². The van der Waals surface area contributed by atoms with E-state index in [0.29, 0.717) is 10.6 Å². The highest BCUT2D eigenvalue weighted by molar-refractivity contribution is 6.30. The molecule has 4 heteroatoms. The number of amides is 1. The van der Waals surface area contributed by atoms with Gasteiger partial charge in [-0.05, 0) is 60.6 Å². The highest BCUT2D eigenvalue weighted by Crippen LogP contribution is 2.25. The minimum atomic E-state index is -0.446. The Hall–Kier alpha value is -1.87. The molecule has 0 saturated carbocycles. The number of rotatable bonds is 4. The summed E-state index contributed by atoms with van der Waals surface area (Å²) < 4.78 is 13.8. The van der Waals surface area contributed by atoms with E-state index in [1.54, 1.807) is 12.1 Å². The summed E-state index contributed by atoms with van der Waals surface area (Å²) in [6, 6.07) is 10.7. The maximum absolute atomic E-state index is 13.8. The minimum Gasteiger partial charge on any atom is -0.349 e. The highest BCUT2D eigenvalue weighted by Gasteiger charge is 2.16. The SMILES string of the molecule is C[C@H](NC(=O)Cc1ccc(Cl)cc1F)c1ccc2c(c1)CCC2. The number of benzene rings is 2. The predicted molar refractivity (Wildman–Crippen MR) is 90.1 cm³/mol. The van der Waals surface area contributed by atoms with Gasteiger partial charge >= 0.3 is 0 Å². The number of carbonyl (C=O) groups is 1. The fourth-order valence-electron chi connectivity index (χ4n) is 3.07. The summed E-state index contributed by atoms with van der Waals surface area (Å²) in [6.45, 7) is 1.95. The van der Waals surface area contributed by atoms with Crippen LogP contribution in [-0.2, 0) is 24.1 Å². The van der Waals surface area contributed by atoms with E-state index >= 15 is 0 Å². The van der Waals surface area contributed by atoms with Gasteiger partial charge in [0, 0.05) is 5.02 Å². The Morgan fingerprint density at radius 1 is 1.22 bits per heavy atom. The Bertz CT molecular complexity index is 744. The fraction of sp³-hybridized carbons (Fsp3) is 0.316. The first-order valence-electron chi connectivity index (χ1n) is 7.88. The molecule has 1 amide bonds. The van der Waals surface area contributed by atoms with Crippen LogP contribution >= 0.6 is 11.6 Å². The second kappa shape index (κ2) is 6.71. The van der Waals surface area contributed by atoms with E-state index < -0.39 is 5.82 Å². The second-order valence-electron chi connectivity index (χ2n) is 6.08. The lowest BCUT2D eigenvalue weighted by Crippen LogP contribution is -2.28. The number of hydrogen-bond acceptors (Lipinski definition) is 1. The number of fused-ring (bicyclic) bond motifs is 1. The summed E-state index contributed by atoms with van der Waals surface area (Å²) in [5.74, 6) is -0.642. The van der Waals surface area contributed by atoms with E-state index in [1.807, 2.05) is 6.92 Å². The standard InChI is InChI=1S/C19H19ClFNO/c1-12(14-6-5-13-3-2-4-15(13)9-14)22-19(23)10-16-7-8-17(20)11-18(16)21/h5-9,11-12H,2-4,10H2,1H3,(H,22,23)/t12-/m0/s1. The van der Waals surface area contributed by atoms with Crippen molar-refractivity contribution in [1.82, 2.24) is 5.32 Å². The molecule has 2 aromatic rings. The van der Waals surface area contributed by atoms with Gasteiger partial charge < -0.3 is 5.32 Å². The maximum Gasteiger partial charge on any atom is 0.225 e. The van der Waals surface area contributed by atoms with Gasteiger partial charge in [-0.3, -0.25) is 4.79 Å². The predicted octanol–water partition coefficient (Wildman–Crippen LogP) is 4.39. The van der Waals surface area contributed by atoms with Crippen molar-refractivity contribution in [3.05, 3.63) is 69.5 Å². The van der Waals surface area contributed by atoms with Crippen molar-refractivity contribution in [1.29, 1.82) is 0 Å². The highest BCUT2D eigenvalue weighted by atomic mass is 35.5. The fourth-order valence-corrected chi connectivity index (χ4v) is 3.23. The van der Waals surface area contributed by atoms with Crippen molar-refractivity contribution in [2.75, 3.05) is 0 Å². The van der Waals surface area contributed by atoms with Crippen molar-refractivity contribution in [2.24, 2.45) is 0 Å². The minimum absolute atomic E-state index is 0.0122. The quantitative estimate of drug-likeness (QED) is 0.884. The van der Waals surface area contributed by atoms with Gasteiger partial charge in [0.2, 0.25) is 5.91 Å². The monoisotopic (exact) mass is 331 g/mol. The first kappa shape index (κ1) is 16.0. The molecule has 1 aliphatic rings. The van der Waals surface area contributed by atoms with E-state index in [4.69, 9.17) is 11.6 Å². The van der Waals surface area contributed by atoms with Crippen LogP contribution in [0.1, 0.15) is 41.6 Å². The average Bonchev–Trinajstić information content (AvgIpc) is 2.97. The number of halogens is 2. The lowest BCUT2D eigenvalue weighted by Gasteiger charge is -2.16. The summed E-state index contributed by atoms with van der Waals surface area (Å²) in [7, 11) is 0. The topological polar surface area (TPSA) is 29.1 Å². The van der Waals surface area contributed by atoms with Crippen LogP contribution in [-0.4, -0.2) is 5.91 Å². The Labute approximate surface area is 140 Å². The van der Waals surface area contributed by atoms with Crippen molar-refractivity contribution in [3.8, 4) is 0 Å². The Morgan fingerprint density at radius 2 is 2.00 bits per heavy atom. The molecule has 0 unspecified atom stereocenters. The molecule has 0 bridgehead atoms. The number of carbonyl (C=O) groups excluding carboxylic acids is 1. The van der Waals surface area contributed by atoms with Crippen LogP contribution in [0, 0.1) is 5.82 Å². The molecule has 120 valence electrons. The molecule has 23 heavy (non-hydrogen) atoms. The molecule has 0 aromatic heterocycles. The van der Waals surface area contributed by atoms with Gasteiger partial charge in [0.25, 0.3) is 0 Å². The smallest absolute Gasteiger partial charge is 0.225 e. The van der Waals surface area contributed by atoms with Gasteiger partial charge in [-0.15, -0.1) is 0 Å². The summed E-state index contributed by atoms with van der Waals surface area (Å²) in [6.07, 6.45) is 3.47. The zero-order valence-electron chi connectivity index (χ0n) is 13.0. The van der Waals surface area contributed by atoms with Gasteiger partial charge in [-0.1, -0.05) is 35.9 Å². The molecule has 0 fully saturated rings. The molecule has 1 N–H and O–H groups in total. The molecular weight excluding hydrogens is 313 g/mol. The second-order valence-corrected chi connectivity index (χ2v) is 6.52. The molecule has 0 saturated heterocycles. The van der Waals surface area contributed by atoms with Gasteiger partial charge in [-0.2, -0.15) is 0 Å². The zero-order valence-corrected chi connectivity index (χ0v) is 13.8. The Balaban J connectivity index is 1.65. The summed E-state index contributed by atoms with van der Waals surface area (Å²) in [4.78, 5) is 12.2. The van der Waals surface area contributed by atoms with Crippen molar-refractivity contribution >= 4 is 17.5 Å². The molecule has 1 aliphatic carbocycles. The van der Waals surface area contributed by atoms with Gasteiger partial charge in [-0.25, -0.2) is 4.39 Å². The number of aryl methyl sites for hydroxylation is 2. The lowest BCUT2D eigenvalue weighted by atomic mass is 10.0. The van der Waals surface area contributed by atoms with Crippen LogP contribution in [0.25, 0.3) is 0 Å². The van der Waals surface area contributed by atoms with Crippen LogP contribution in [0.5, 0.6) is 0 Å². The van der Waals surface area contributed by atoms with Crippen molar-refractivity contribution in [2.45, 2.75) is 38.6 Å². The number of nitrogens with one attached hydrogen (secondary N) is 1. The van der Waals surface area contributed by atoms with Crippen LogP contribution in [0.3, 0.4) is 0 Å². The normalized spacial score (nSPS) is 14.4. The van der Waals surface area contributed by atoms with Crippen molar-refractivity contribution < 1.29 is 9.18 Å². The van der Waals surface area contributed by atoms with Crippen LogP contribution < -0.4 is 5.32 Å². The average molecular weight is 332 g/mol. The number of hydrogen-bond donors (Lipinski definition) is 1. The molecular formula is C19H19ClFNO. The van der Waals surface area contributed by atoms with Crippen LogP contribution in [0.2, 0.25) is 5.02 Å². The molecule has 0 spiro atoms. The first-order chi connectivity index (χ1) is 11.0. The Morgan fingerprint density at radius 3 is 2.78 bits per heavy atom. The van der Waals surface area contributed by atoms with Gasteiger partial charge in [0.15, 0.2) is 0 Å². The molecule has 1 atom stereocenters. The molecule has 0 radical (unpaired) electrons. The third kappa shape index (κ3) is 3.73. The Kier molecular flexibility index (Phi) is 4.67. The molecule has 0 heterocycles. The molecule has 2 nitrogen and oxygen atoms in total. The molecule has 0 aliphatic heterocycles. The summed E-state index contributed by atoms with van der Waals surface area (Å²) in [5.41, 5.74) is 4.24. The van der Waals surface area contributed by atoms with Gasteiger partial charge in [0.1, 0.15) is 5.82 Å². The molecule has 2 aromatic carbocycles. The van der Waals surface area contributed by atoms with Crippen LogP contribution in [0.4, 0.5) is 4.39 Å². The van der Waals surface area contributed by atoms with Gasteiger partial charge in [0.05, 0.1) is 12.5 Å².